The molecule has 11 heavy (non-hydrogen) atoms. The molecule has 0 atom stereocenters. The maximum Gasteiger partial charge on any atom is 0.0535 e. The third kappa shape index (κ3) is 1.17. The van der Waals surface area contributed by atoms with Crippen molar-refractivity contribution in [2.45, 2.75) is 13.1 Å². The van der Waals surface area contributed by atoms with Crippen LogP contribution in [-0.4, -0.2) is 23.2 Å². The summed E-state index contributed by atoms with van der Waals surface area (Å²) in [7, 11) is 1.97. The first-order valence-corrected chi connectivity index (χ1v) is 3.96. The number of aromatic nitrogens is 1. The van der Waals surface area contributed by atoms with Crippen molar-refractivity contribution in [3.63, 3.8) is 0 Å². The molecular formula is C8H13N3. The van der Waals surface area contributed by atoms with E-state index < -0.39 is 0 Å². The molecular weight excluding hydrogens is 138 g/mol. The monoisotopic (exact) mass is 151 g/mol. The molecule has 1 aromatic heterocycles. The van der Waals surface area contributed by atoms with Gasteiger partial charge < -0.3 is 4.57 Å². The van der Waals surface area contributed by atoms with E-state index in [4.69, 9.17) is 0 Å². The molecule has 0 spiro atoms. The quantitative estimate of drug-likeness (QED) is 0.628. The van der Waals surface area contributed by atoms with Crippen molar-refractivity contribution in [2.24, 2.45) is 0 Å². The second-order valence-corrected chi connectivity index (χ2v) is 2.84. The number of rotatable bonds is 1. The Bertz CT molecular complexity index is 241. The highest BCUT2D eigenvalue weighted by atomic mass is 15.5. The summed E-state index contributed by atoms with van der Waals surface area (Å²) < 4.78 is 2.30. The summed E-state index contributed by atoms with van der Waals surface area (Å²) in [5.74, 6) is 0. The normalized spacial score (nSPS) is 18.3. The largest absolute Gasteiger partial charge is 0.349 e. The van der Waals surface area contributed by atoms with E-state index in [9.17, 15) is 0 Å². The van der Waals surface area contributed by atoms with Crippen LogP contribution in [0.3, 0.4) is 0 Å². The number of hydrogen-bond acceptors (Lipinski definition) is 2. The van der Waals surface area contributed by atoms with Gasteiger partial charge in [-0.3, -0.25) is 5.43 Å². The van der Waals surface area contributed by atoms with Crippen LogP contribution in [0.1, 0.15) is 5.69 Å². The van der Waals surface area contributed by atoms with Crippen LogP contribution in [0.4, 0.5) is 0 Å². The molecule has 0 amide bonds. The minimum Gasteiger partial charge on any atom is -0.349 e. The van der Waals surface area contributed by atoms with Crippen LogP contribution >= 0.6 is 0 Å². The fourth-order valence-corrected chi connectivity index (χ4v) is 1.51. The van der Waals surface area contributed by atoms with Gasteiger partial charge in [-0.1, -0.05) is 0 Å². The van der Waals surface area contributed by atoms with Crippen LogP contribution in [0.25, 0.3) is 0 Å². The third-order valence-electron chi connectivity index (χ3n) is 2.20. The molecule has 3 heteroatoms. The molecule has 0 aromatic carbocycles. The van der Waals surface area contributed by atoms with Crippen molar-refractivity contribution >= 4 is 0 Å². The van der Waals surface area contributed by atoms with Gasteiger partial charge >= 0.3 is 0 Å². The molecule has 60 valence electrons. The molecule has 0 aliphatic carbocycles. The maximum absolute atomic E-state index is 3.15. The van der Waals surface area contributed by atoms with E-state index in [-0.39, 0.29) is 0 Å². The Kier molecular flexibility index (Phi) is 1.68. The van der Waals surface area contributed by atoms with E-state index in [1.807, 2.05) is 7.05 Å². The fourth-order valence-electron chi connectivity index (χ4n) is 1.51. The van der Waals surface area contributed by atoms with E-state index in [0.717, 1.165) is 19.6 Å². The van der Waals surface area contributed by atoms with Gasteiger partial charge in [-0.25, -0.2) is 5.01 Å². The smallest absolute Gasteiger partial charge is 0.0535 e. The zero-order valence-electron chi connectivity index (χ0n) is 6.75. The summed E-state index contributed by atoms with van der Waals surface area (Å²) in [5.41, 5.74) is 4.55. The molecule has 1 N–H and O–H groups in total. The lowest BCUT2D eigenvalue weighted by molar-refractivity contribution is 0.163. The summed E-state index contributed by atoms with van der Waals surface area (Å²) in [6.45, 7) is 3.21. The lowest BCUT2D eigenvalue weighted by Crippen LogP contribution is -2.40. The number of fused-ring (bicyclic) bond motifs is 1. The average molecular weight is 151 g/mol. The van der Waals surface area contributed by atoms with Gasteiger partial charge in [0.25, 0.3) is 0 Å². The summed E-state index contributed by atoms with van der Waals surface area (Å²) in [4.78, 5) is 0. The molecule has 3 nitrogen and oxygen atoms in total. The van der Waals surface area contributed by atoms with E-state index in [0.29, 0.717) is 0 Å². The molecule has 0 fully saturated rings. The van der Waals surface area contributed by atoms with Crippen molar-refractivity contribution in [3.05, 3.63) is 24.0 Å². The first-order chi connectivity index (χ1) is 5.40. The molecule has 1 aromatic rings. The fraction of sp³-hybridized carbons (Fsp3) is 0.500. The van der Waals surface area contributed by atoms with E-state index in [1.165, 1.54) is 5.69 Å². The lowest BCUT2D eigenvalue weighted by Gasteiger charge is -2.27. The van der Waals surface area contributed by atoms with Crippen LogP contribution in [0.15, 0.2) is 18.3 Å². The first-order valence-electron chi connectivity index (χ1n) is 3.96. The molecule has 2 heterocycles. The number of nitrogens with zero attached hydrogens (tertiary/aromatic N) is 2. The Labute approximate surface area is 66.6 Å². The predicted molar refractivity (Wildman–Crippen MR) is 43.9 cm³/mol. The molecule has 0 bridgehead atoms. The Hall–Kier alpha value is -0.800. The van der Waals surface area contributed by atoms with Gasteiger partial charge in [0.2, 0.25) is 0 Å². The van der Waals surface area contributed by atoms with Crippen LogP contribution in [0.5, 0.6) is 0 Å². The summed E-state index contributed by atoms with van der Waals surface area (Å²) in [6.07, 6.45) is 2.14. The maximum atomic E-state index is 3.15. The molecule has 1 aliphatic rings. The highest BCUT2D eigenvalue weighted by Crippen LogP contribution is 2.09. The van der Waals surface area contributed by atoms with Crippen molar-refractivity contribution in [1.29, 1.82) is 0 Å². The van der Waals surface area contributed by atoms with E-state index in [2.05, 4.69) is 33.3 Å². The summed E-state index contributed by atoms with van der Waals surface area (Å²) in [5, 5.41) is 2.22. The van der Waals surface area contributed by atoms with Crippen LogP contribution in [-0.2, 0) is 13.1 Å². The Morgan fingerprint density at radius 2 is 2.36 bits per heavy atom. The highest BCUT2D eigenvalue weighted by molar-refractivity contribution is 5.08. The Morgan fingerprint density at radius 3 is 3.18 bits per heavy atom. The zero-order valence-corrected chi connectivity index (χ0v) is 6.75. The van der Waals surface area contributed by atoms with Crippen LogP contribution in [0.2, 0.25) is 0 Å². The molecule has 0 unspecified atom stereocenters. The second kappa shape index (κ2) is 2.68. The molecule has 1 aliphatic heterocycles. The van der Waals surface area contributed by atoms with Gasteiger partial charge in [-0.15, -0.1) is 0 Å². The highest BCUT2D eigenvalue weighted by Gasteiger charge is 2.12. The molecule has 0 saturated heterocycles. The minimum atomic E-state index is 1.02. The van der Waals surface area contributed by atoms with Crippen LogP contribution in [0, 0.1) is 0 Å². The van der Waals surface area contributed by atoms with Gasteiger partial charge in [-0.05, 0) is 19.2 Å². The molecule has 2 rings (SSSR count). The first kappa shape index (κ1) is 6.88. The standard InChI is InChI=1S/C8H13N3/c1-9-11-6-5-10-4-2-3-8(10)7-11/h2-4,9H,5-7H2,1H3. The second-order valence-electron chi connectivity index (χ2n) is 2.84. The Balaban J connectivity index is 2.18. The SMILES string of the molecule is CNN1CCn2cccc2C1. The van der Waals surface area contributed by atoms with Crippen molar-refractivity contribution < 1.29 is 0 Å². The molecule has 0 saturated carbocycles. The van der Waals surface area contributed by atoms with Gasteiger partial charge in [0, 0.05) is 25.0 Å². The lowest BCUT2D eigenvalue weighted by atomic mass is 10.3. The van der Waals surface area contributed by atoms with E-state index in [1.54, 1.807) is 0 Å². The number of hydrogen-bond donors (Lipinski definition) is 1. The molecule has 0 radical (unpaired) electrons. The van der Waals surface area contributed by atoms with Crippen molar-refractivity contribution in [1.82, 2.24) is 15.0 Å². The Morgan fingerprint density at radius 1 is 1.45 bits per heavy atom. The topological polar surface area (TPSA) is 20.2 Å². The van der Waals surface area contributed by atoms with E-state index >= 15 is 0 Å². The van der Waals surface area contributed by atoms with Gasteiger partial charge in [0.15, 0.2) is 0 Å². The average Bonchev–Trinajstić information content (AvgIpc) is 2.50. The number of nitrogens with one attached hydrogen (secondary N) is 1. The van der Waals surface area contributed by atoms with Gasteiger partial charge in [0.1, 0.15) is 0 Å². The third-order valence-corrected chi connectivity index (χ3v) is 2.20. The van der Waals surface area contributed by atoms with Crippen molar-refractivity contribution in [2.75, 3.05) is 13.6 Å². The predicted octanol–water partition coefficient (Wildman–Crippen LogP) is 0.438. The van der Waals surface area contributed by atoms with Crippen LogP contribution < -0.4 is 5.43 Å². The van der Waals surface area contributed by atoms with Gasteiger partial charge in [0.05, 0.1) is 6.54 Å². The summed E-state index contributed by atoms with van der Waals surface area (Å²) >= 11 is 0. The summed E-state index contributed by atoms with van der Waals surface area (Å²) in [6, 6.07) is 4.28. The minimum absolute atomic E-state index is 1.02. The van der Waals surface area contributed by atoms with Gasteiger partial charge in [-0.2, -0.15) is 0 Å². The van der Waals surface area contributed by atoms with Crippen molar-refractivity contribution in [3.8, 4) is 0 Å². The number of hydrazine groups is 1. The zero-order chi connectivity index (χ0) is 7.68.